The quantitative estimate of drug-likeness (QED) is 0.126. The molecule has 0 unspecified atom stereocenters. The first-order chi connectivity index (χ1) is 25.1. The van der Waals surface area contributed by atoms with Crippen LogP contribution in [0.15, 0.2) is 127 Å². The number of hydrogen-bond acceptors (Lipinski definition) is 7. The highest BCUT2D eigenvalue weighted by Crippen LogP contribution is 2.44. The zero-order valence-corrected chi connectivity index (χ0v) is 29.4. The van der Waals surface area contributed by atoms with Gasteiger partial charge in [0, 0.05) is 24.1 Å². The summed E-state index contributed by atoms with van der Waals surface area (Å²) >= 11 is 6.87. The van der Waals surface area contributed by atoms with Crippen LogP contribution in [-0.4, -0.2) is 49.8 Å². The van der Waals surface area contributed by atoms with E-state index in [4.69, 9.17) is 40.0 Å². The summed E-state index contributed by atoms with van der Waals surface area (Å²) in [4.78, 5) is 0. The maximum absolute atomic E-state index is 10.9. The standard InChI is InChI=1S/C43H43ClO7/c1-46-43(36-18-19-37(44)35(25-36)24-33-17-20-38-34(23-33)21-22-47-38)42(50-29-32-15-9-4-10-16-32)41(49-28-31-13-7-3-8-14-31)40(39(26-45)51-43)48-27-30-11-5-2-6-12-30/h2-20,23,25,39-42,45H,21-22,24,26-29H2,1H3/t39-,40-,41-,42+,43-/m0/s1. The Labute approximate surface area is 304 Å². The van der Waals surface area contributed by atoms with Gasteiger partial charge in [0.25, 0.3) is 0 Å². The van der Waals surface area contributed by atoms with Crippen LogP contribution < -0.4 is 4.74 Å². The van der Waals surface area contributed by atoms with E-state index in [2.05, 4.69) is 12.1 Å². The zero-order chi connectivity index (χ0) is 35.0. The van der Waals surface area contributed by atoms with Crippen LogP contribution in [0.2, 0.25) is 5.02 Å². The summed E-state index contributed by atoms with van der Waals surface area (Å²) in [5.41, 5.74) is 6.88. The van der Waals surface area contributed by atoms with Gasteiger partial charge in [-0.15, -0.1) is 0 Å². The molecule has 0 saturated carbocycles. The molecule has 0 spiro atoms. The lowest BCUT2D eigenvalue weighted by molar-refractivity contribution is -0.384. The second-order valence-electron chi connectivity index (χ2n) is 13.0. The third-order valence-electron chi connectivity index (χ3n) is 9.61. The van der Waals surface area contributed by atoms with Gasteiger partial charge >= 0.3 is 0 Å². The molecule has 51 heavy (non-hydrogen) atoms. The van der Waals surface area contributed by atoms with Crippen LogP contribution in [0.25, 0.3) is 0 Å². The summed E-state index contributed by atoms with van der Waals surface area (Å²) in [7, 11) is 1.60. The first kappa shape index (κ1) is 35.4. The van der Waals surface area contributed by atoms with Crippen LogP contribution >= 0.6 is 11.6 Å². The highest BCUT2D eigenvalue weighted by Gasteiger charge is 2.58. The van der Waals surface area contributed by atoms with Gasteiger partial charge in [-0.05, 0) is 58.0 Å². The SMILES string of the molecule is CO[C@@]1(c2ccc(Cl)c(Cc3ccc4c(c3)CCO4)c2)O[C@@H](CO)[C@H](OCc2ccccc2)[C@H](OCc2ccccc2)[C@H]1OCc1ccccc1. The fourth-order valence-electron chi connectivity index (χ4n) is 6.99. The molecule has 0 bridgehead atoms. The molecule has 1 N–H and O–H groups in total. The first-order valence-corrected chi connectivity index (χ1v) is 17.8. The molecule has 0 radical (unpaired) electrons. The lowest BCUT2D eigenvalue weighted by Crippen LogP contribution is -2.66. The number of methoxy groups -OCH3 is 1. The molecule has 264 valence electrons. The van der Waals surface area contributed by atoms with E-state index in [0.29, 0.717) is 30.2 Å². The summed E-state index contributed by atoms with van der Waals surface area (Å²) in [6.07, 6.45) is -1.60. The van der Waals surface area contributed by atoms with Crippen molar-refractivity contribution < 1.29 is 33.5 Å². The molecule has 1 fully saturated rings. The molecule has 2 aliphatic rings. The molecule has 1 saturated heterocycles. The number of rotatable bonds is 14. The Balaban J connectivity index is 1.28. The van der Waals surface area contributed by atoms with Gasteiger partial charge in [-0.25, -0.2) is 0 Å². The van der Waals surface area contributed by atoms with E-state index >= 15 is 0 Å². The van der Waals surface area contributed by atoms with Crippen molar-refractivity contribution in [1.82, 2.24) is 0 Å². The van der Waals surface area contributed by atoms with Crippen molar-refractivity contribution in [3.05, 3.63) is 171 Å². The van der Waals surface area contributed by atoms with E-state index in [9.17, 15) is 5.11 Å². The summed E-state index contributed by atoms with van der Waals surface area (Å²) in [6.45, 7) is 1.20. The van der Waals surface area contributed by atoms with Crippen molar-refractivity contribution in [3.63, 3.8) is 0 Å². The fourth-order valence-corrected chi connectivity index (χ4v) is 7.18. The molecular formula is C43H43ClO7. The molecule has 5 atom stereocenters. The minimum atomic E-state index is -1.50. The van der Waals surface area contributed by atoms with Crippen LogP contribution in [-0.2, 0) is 62.1 Å². The first-order valence-electron chi connectivity index (χ1n) is 17.4. The predicted molar refractivity (Wildman–Crippen MR) is 196 cm³/mol. The third kappa shape index (κ3) is 8.06. The van der Waals surface area contributed by atoms with Crippen molar-refractivity contribution in [2.45, 2.75) is 62.9 Å². The summed E-state index contributed by atoms with van der Waals surface area (Å²) in [5.74, 6) is -0.562. The number of halogens is 1. The number of aliphatic hydroxyl groups excluding tert-OH is 1. The van der Waals surface area contributed by atoms with Crippen LogP contribution in [0.3, 0.4) is 0 Å². The van der Waals surface area contributed by atoms with E-state index < -0.39 is 30.2 Å². The molecule has 0 aromatic heterocycles. The van der Waals surface area contributed by atoms with Crippen LogP contribution in [0.1, 0.15) is 38.9 Å². The van der Waals surface area contributed by atoms with E-state index in [-0.39, 0.29) is 19.8 Å². The number of ether oxygens (including phenoxy) is 6. The van der Waals surface area contributed by atoms with E-state index in [1.165, 1.54) is 5.56 Å². The average molecular weight is 707 g/mol. The smallest absolute Gasteiger partial charge is 0.225 e. The Morgan fingerprint density at radius 3 is 1.92 bits per heavy atom. The molecule has 7 rings (SSSR count). The second-order valence-corrected chi connectivity index (χ2v) is 13.4. The Morgan fingerprint density at radius 1 is 0.706 bits per heavy atom. The van der Waals surface area contributed by atoms with E-state index in [1.54, 1.807) is 7.11 Å². The van der Waals surface area contributed by atoms with Gasteiger partial charge in [0.2, 0.25) is 5.79 Å². The highest BCUT2D eigenvalue weighted by molar-refractivity contribution is 6.31. The number of hydrogen-bond donors (Lipinski definition) is 1. The van der Waals surface area contributed by atoms with Crippen molar-refractivity contribution in [1.29, 1.82) is 0 Å². The van der Waals surface area contributed by atoms with Gasteiger partial charge in [-0.3, -0.25) is 0 Å². The molecule has 7 nitrogen and oxygen atoms in total. The Bertz CT molecular complexity index is 1860. The lowest BCUT2D eigenvalue weighted by atomic mass is 9.86. The normalized spacial score (nSPS) is 22.7. The van der Waals surface area contributed by atoms with Crippen molar-refractivity contribution >= 4 is 11.6 Å². The second kappa shape index (κ2) is 16.5. The zero-order valence-electron chi connectivity index (χ0n) is 28.7. The topological polar surface area (TPSA) is 75.6 Å². The summed E-state index contributed by atoms with van der Waals surface area (Å²) in [6, 6.07) is 41.9. The van der Waals surface area contributed by atoms with Crippen molar-refractivity contribution in [3.8, 4) is 5.75 Å². The Kier molecular flexibility index (Phi) is 11.5. The van der Waals surface area contributed by atoms with Gasteiger partial charge in [-0.1, -0.05) is 121 Å². The van der Waals surface area contributed by atoms with Gasteiger partial charge in [-0.2, -0.15) is 0 Å². The van der Waals surface area contributed by atoms with Crippen LogP contribution in [0, 0.1) is 0 Å². The Hall–Kier alpha value is -4.05. The minimum absolute atomic E-state index is 0.262. The molecule has 5 aromatic carbocycles. The highest BCUT2D eigenvalue weighted by atomic mass is 35.5. The maximum Gasteiger partial charge on any atom is 0.225 e. The lowest BCUT2D eigenvalue weighted by Gasteiger charge is -2.52. The van der Waals surface area contributed by atoms with E-state index in [0.717, 1.165) is 40.0 Å². The summed E-state index contributed by atoms with van der Waals surface area (Å²) < 4.78 is 39.4. The Morgan fingerprint density at radius 2 is 1.31 bits per heavy atom. The molecule has 2 heterocycles. The molecule has 5 aromatic rings. The average Bonchev–Trinajstić information content (AvgIpc) is 3.65. The third-order valence-corrected chi connectivity index (χ3v) is 9.98. The fraction of sp³-hybridized carbons (Fsp3) is 0.302. The monoisotopic (exact) mass is 706 g/mol. The number of aliphatic hydroxyl groups is 1. The maximum atomic E-state index is 10.9. The van der Waals surface area contributed by atoms with Crippen molar-refractivity contribution in [2.75, 3.05) is 20.3 Å². The largest absolute Gasteiger partial charge is 0.493 e. The van der Waals surface area contributed by atoms with Gasteiger partial charge in [0.05, 0.1) is 33.0 Å². The number of fused-ring (bicyclic) bond motifs is 1. The van der Waals surface area contributed by atoms with Crippen LogP contribution in [0.5, 0.6) is 5.75 Å². The molecule has 0 aliphatic carbocycles. The predicted octanol–water partition coefficient (Wildman–Crippen LogP) is 7.81. The minimum Gasteiger partial charge on any atom is -0.493 e. The van der Waals surface area contributed by atoms with Crippen LogP contribution in [0.4, 0.5) is 0 Å². The molecule has 8 heteroatoms. The number of benzene rings is 5. The van der Waals surface area contributed by atoms with Gasteiger partial charge < -0.3 is 33.5 Å². The van der Waals surface area contributed by atoms with E-state index in [1.807, 2.05) is 115 Å². The molecule has 2 aliphatic heterocycles. The summed E-state index contributed by atoms with van der Waals surface area (Å²) in [5, 5.41) is 11.5. The molecule has 0 amide bonds. The van der Waals surface area contributed by atoms with Gasteiger partial charge in [0.15, 0.2) is 0 Å². The molecular weight excluding hydrogens is 664 g/mol. The van der Waals surface area contributed by atoms with Gasteiger partial charge in [0.1, 0.15) is 30.2 Å². The van der Waals surface area contributed by atoms with Crippen molar-refractivity contribution in [2.24, 2.45) is 0 Å².